The molecule has 0 aromatic carbocycles. The molecular weight excluding hydrogens is 354 g/mol. The van der Waals surface area contributed by atoms with E-state index in [0.717, 1.165) is 27.9 Å². The standard InChI is InChI=1S/C14H18BrN3O2S/c15-11-5-4-10(21-11)8-18-12(19)14(17-13(18)20)6-2-1-3-9(14)7-16/h4-5,9H,1-3,6-8,16H2,(H,17,20). The second kappa shape index (κ2) is 5.70. The van der Waals surface area contributed by atoms with E-state index in [1.54, 1.807) is 0 Å². The summed E-state index contributed by atoms with van der Waals surface area (Å²) in [7, 11) is 0. The van der Waals surface area contributed by atoms with Gasteiger partial charge in [0.1, 0.15) is 5.54 Å². The van der Waals surface area contributed by atoms with E-state index in [1.807, 2.05) is 12.1 Å². The van der Waals surface area contributed by atoms with Crippen molar-refractivity contribution in [2.45, 2.75) is 37.8 Å². The Morgan fingerprint density at radius 1 is 1.43 bits per heavy atom. The lowest BCUT2D eigenvalue weighted by Crippen LogP contribution is -2.56. The van der Waals surface area contributed by atoms with E-state index in [4.69, 9.17) is 5.73 Å². The second-order valence-corrected chi connectivity index (χ2v) is 8.22. The van der Waals surface area contributed by atoms with Crippen molar-refractivity contribution in [1.82, 2.24) is 10.2 Å². The van der Waals surface area contributed by atoms with Gasteiger partial charge in [-0.3, -0.25) is 9.69 Å². The first-order chi connectivity index (χ1) is 10.1. The van der Waals surface area contributed by atoms with Gasteiger partial charge in [0.15, 0.2) is 0 Å². The largest absolute Gasteiger partial charge is 0.330 e. The smallest absolute Gasteiger partial charge is 0.325 e. The van der Waals surface area contributed by atoms with E-state index >= 15 is 0 Å². The molecule has 3 amide bonds. The van der Waals surface area contributed by atoms with Crippen molar-refractivity contribution in [3.05, 3.63) is 20.8 Å². The third-order valence-corrected chi connectivity index (χ3v) is 6.11. The first kappa shape index (κ1) is 15.0. The summed E-state index contributed by atoms with van der Waals surface area (Å²) in [5, 5.41) is 2.95. The highest BCUT2D eigenvalue weighted by Gasteiger charge is 2.55. The number of thiophene rings is 1. The minimum absolute atomic E-state index is 0.0442. The number of nitrogens with one attached hydrogen (secondary N) is 1. The maximum atomic E-state index is 12.9. The van der Waals surface area contributed by atoms with Crippen LogP contribution in [0.2, 0.25) is 0 Å². The summed E-state index contributed by atoms with van der Waals surface area (Å²) in [4.78, 5) is 27.5. The van der Waals surface area contributed by atoms with Crippen LogP contribution in [0.15, 0.2) is 15.9 Å². The summed E-state index contributed by atoms with van der Waals surface area (Å²) >= 11 is 4.94. The number of amides is 3. The topological polar surface area (TPSA) is 75.4 Å². The Hall–Kier alpha value is -0.920. The molecule has 3 N–H and O–H groups in total. The van der Waals surface area contributed by atoms with Crippen LogP contribution in [0.25, 0.3) is 0 Å². The fourth-order valence-corrected chi connectivity index (χ4v) is 4.86. The van der Waals surface area contributed by atoms with Crippen LogP contribution >= 0.6 is 27.3 Å². The summed E-state index contributed by atoms with van der Waals surface area (Å²) in [6.07, 6.45) is 3.64. The molecule has 5 nitrogen and oxygen atoms in total. The van der Waals surface area contributed by atoms with Gasteiger partial charge in [0.05, 0.1) is 10.3 Å². The van der Waals surface area contributed by atoms with Gasteiger partial charge in [0, 0.05) is 10.8 Å². The number of rotatable bonds is 3. The first-order valence-electron chi connectivity index (χ1n) is 7.15. The molecule has 3 rings (SSSR count). The lowest BCUT2D eigenvalue weighted by molar-refractivity contribution is -0.134. The van der Waals surface area contributed by atoms with Crippen LogP contribution in [0.1, 0.15) is 30.6 Å². The number of hydrogen-bond donors (Lipinski definition) is 2. The molecule has 114 valence electrons. The molecule has 2 aliphatic rings. The third kappa shape index (κ3) is 2.51. The Bertz CT molecular complexity index is 576. The zero-order valence-corrected chi connectivity index (χ0v) is 14.0. The fraction of sp³-hybridized carbons (Fsp3) is 0.571. The highest BCUT2D eigenvalue weighted by Crippen LogP contribution is 2.38. The molecule has 2 atom stereocenters. The third-order valence-electron chi connectivity index (χ3n) is 4.50. The Labute approximate surface area is 136 Å². The van der Waals surface area contributed by atoms with E-state index in [9.17, 15) is 9.59 Å². The number of hydrogen-bond acceptors (Lipinski definition) is 4. The van der Waals surface area contributed by atoms with Crippen molar-refractivity contribution in [2.24, 2.45) is 11.7 Å². The molecule has 1 saturated heterocycles. The average Bonchev–Trinajstić information content (AvgIpc) is 2.98. The lowest BCUT2D eigenvalue weighted by Gasteiger charge is -2.38. The predicted molar refractivity (Wildman–Crippen MR) is 84.8 cm³/mol. The van der Waals surface area contributed by atoms with Crippen LogP contribution in [0.3, 0.4) is 0 Å². The number of imide groups is 1. The normalized spacial score (nSPS) is 29.2. The van der Waals surface area contributed by atoms with E-state index in [2.05, 4.69) is 21.2 Å². The van der Waals surface area contributed by atoms with Crippen molar-refractivity contribution in [3.63, 3.8) is 0 Å². The molecule has 1 aliphatic carbocycles. The quantitative estimate of drug-likeness (QED) is 0.801. The summed E-state index contributed by atoms with van der Waals surface area (Å²) in [6, 6.07) is 3.57. The minimum Gasteiger partial charge on any atom is -0.330 e. The Balaban J connectivity index is 1.84. The Morgan fingerprint density at radius 3 is 2.90 bits per heavy atom. The van der Waals surface area contributed by atoms with Crippen molar-refractivity contribution in [2.75, 3.05) is 6.54 Å². The van der Waals surface area contributed by atoms with E-state index in [1.165, 1.54) is 16.2 Å². The molecule has 2 fully saturated rings. The summed E-state index contributed by atoms with van der Waals surface area (Å²) in [5.41, 5.74) is 5.08. The Morgan fingerprint density at radius 2 is 2.24 bits per heavy atom. The van der Waals surface area contributed by atoms with Crippen molar-refractivity contribution in [3.8, 4) is 0 Å². The van der Waals surface area contributed by atoms with Gasteiger partial charge >= 0.3 is 6.03 Å². The molecule has 1 aliphatic heterocycles. The number of halogens is 1. The summed E-state index contributed by atoms with van der Waals surface area (Å²) < 4.78 is 0.997. The first-order valence-corrected chi connectivity index (χ1v) is 8.76. The van der Waals surface area contributed by atoms with Crippen molar-refractivity contribution >= 4 is 39.2 Å². The molecule has 2 heterocycles. The molecule has 21 heavy (non-hydrogen) atoms. The molecular formula is C14H18BrN3O2S. The van der Waals surface area contributed by atoms with E-state index in [-0.39, 0.29) is 17.9 Å². The van der Waals surface area contributed by atoms with Crippen LogP contribution in [0, 0.1) is 5.92 Å². The zero-order chi connectivity index (χ0) is 15.0. The van der Waals surface area contributed by atoms with E-state index in [0.29, 0.717) is 19.5 Å². The molecule has 1 aromatic heterocycles. The number of nitrogens with two attached hydrogens (primary N) is 1. The van der Waals surface area contributed by atoms with Gasteiger partial charge in [0.2, 0.25) is 0 Å². The van der Waals surface area contributed by atoms with Crippen molar-refractivity contribution in [1.29, 1.82) is 0 Å². The SMILES string of the molecule is NCC1CCCCC12NC(=O)N(Cc1ccc(Br)s1)C2=O. The highest BCUT2D eigenvalue weighted by molar-refractivity contribution is 9.11. The van der Waals surface area contributed by atoms with Crippen LogP contribution in [0.4, 0.5) is 4.79 Å². The van der Waals surface area contributed by atoms with Gasteiger partial charge in [-0.1, -0.05) is 12.8 Å². The van der Waals surface area contributed by atoms with Crippen LogP contribution in [0.5, 0.6) is 0 Å². The number of nitrogens with zero attached hydrogens (tertiary/aromatic N) is 1. The molecule has 2 unspecified atom stereocenters. The van der Waals surface area contributed by atoms with Crippen molar-refractivity contribution < 1.29 is 9.59 Å². The van der Waals surface area contributed by atoms with Gasteiger partial charge in [-0.05, 0) is 47.4 Å². The van der Waals surface area contributed by atoms with Gasteiger partial charge in [0.25, 0.3) is 5.91 Å². The van der Waals surface area contributed by atoms with Gasteiger partial charge in [-0.15, -0.1) is 11.3 Å². The number of carbonyl (C=O) groups is 2. The van der Waals surface area contributed by atoms with Crippen LogP contribution < -0.4 is 11.1 Å². The highest BCUT2D eigenvalue weighted by atomic mass is 79.9. The minimum atomic E-state index is -0.765. The van der Waals surface area contributed by atoms with Gasteiger partial charge in [-0.25, -0.2) is 4.79 Å². The lowest BCUT2D eigenvalue weighted by atomic mass is 9.72. The molecule has 1 saturated carbocycles. The summed E-state index contributed by atoms with van der Waals surface area (Å²) in [6.45, 7) is 0.768. The molecule has 0 bridgehead atoms. The molecule has 7 heteroatoms. The number of carbonyl (C=O) groups excluding carboxylic acids is 2. The zero-order valence-electron chi connectivity index (χ0n) is 11.6. The number of urea groups is 1. The van der Waals surface area contributed by atoms with Crippen LogP contribution in [-0.4, -0.2) is 28.9 Å². The second-order valence-electron chi connectivity index (χ2n) is 5.68. The molecule has 1 spiro atoms. The maximum absolute atomic E-state index is 12.9. The predicted octanol–water partition coefficient (Wildman–Crippen LogP) is 2.45. The molecule has 0 radical (unpaired) electrons. The summed E-state index contributed by atoms with van der Waals surface area (Å²) in [5.74, 6) is -0.0602. The average molecular weight is 372 g/mol. The van der Waals surface area contributed by atoms with E-state index < -0.39 is 5.54 Å². The van der Waals surface area contributed by atoms with Gasteiger partial charge < -0.3 is 11.1 Å². The Kier molecular flexibility index (Phi) is 4.07. The maximum Gasteiger partial charge on any atom is 0.325 e. The fourth-order valence-electron chi connectivity index (χ4n) is 3.39. The monoisotopic (exact) mass is 371 g/mol. The van der Waals surface area contributed by atoms with Gasteiger partial charge in [-0.2, -0.15) is 0 Å². The van der Waals surface area contributed by atoms with Crippen LogP contribution in [-0.2, 0) is 11.3 Å². The molecule has 1 aromatic rings.